The SMILES string of the molecule is CCc1cc(Oc2ccccn2)cc(Oc2ccc3c4ccc(Oc5cc(Oc6ccccn6)cc(CC)c5-c5ccccc5)cc4n(-c4ncncn4)c3c2)c1-c1ccccc1. The van der Waals surface area contributed by atoms with Gasteiger partial charge in [-0.15, -0.1) is 0 Å². The van der Waals surface area contributed by atoms with Gasteiger partial charge in [-0.1, -0.05) is 86.6 Å². The summed E-state index contributed by atoms with van der Waals surface area (Å²) in [7, 11) is 0. The number of aryl methyl sites for hydroxylation is 2. The smallest absolute Gasteiger partial charge is 0.237 e. The van der Waals surface area contributed by atoms with Gasteiger partial charge in [0.2, 0.25) is 17.7 Å². The summed E-state index contributed by atoms with van der Waals surface area (Å²) in [5.74, 6) is 5.25. The Balaban J connectivity index is 1.09. The zero-order chi connectivity index (χ0) is 42.5. The fourth-order valence-electron chi connectivity index (χ4n) is 7.97. The van der Waals surface area contributed by atoms with Gasteiger partial charge in [0, 0.05) is 70.7 Å². The zero-order valence-electron chi connectivity index (χ0n) is 34.6. The fourth-order valence-corrected chi connectivity index (χ4v) is 7.97. The summed E-state index contributed by atoms with van der Waals surface area (Å²) in [6, 6.07) is 51.9. The highest BCUT2D eigenvalue weighted by Crippen LogP contribution is 2.44. The molecule has 0 amide bonds. The van der Waals surface area contributed by atoms with Gasteiger partial charge in [0.15, 0.2) is 0 Å². The first-order valence-electron chi connectivity index (χ1n) is 20.8. The van der Waals surface area contributed by atoms with Crippen molar-refractivity contribution in [1.29, 1.82) is 0 Å². The summed E-state index contributed by atoms with van der Waals surface area (Å²) in [5, 5.41) is 1.97. The van der Waals surface area contributed by atoms with Crippen LogP contribution in [0.1, 0.15) is 25.0 Å². The Hall–Kier alpha value is -8.37. The van der Waals surface area contributed by atoms with Crippen molar-refractivity contribution in [3.8, 4) is 74.5 Å². The van der Waals surface area contributed by atoms with Crippen LogP contribution in [0.2, 0.25) is 0 Å². The van der Waals surface area contributed by atoms with E-state index in [1.54, 1.807) is 12.4 Å². The Morgan fingerprint density at radius 2 is 0.889 bits per heavy atom. The van der Waals surface area contributed by atoms with Crippen LogP contribution in [0.4, 0.5) is 0 Å². The molecule has 0 fully saturated rings. The summed E-state index contributed by atoms with van der Waals surface area (Å²) in [4.78, 5) is 22.2. The highest BCUT2D eigenvalue weighted by molar-refractivity contribution is 6.09. The molecule has 4 aromatic heterocycles. The van der Waals surface area contributed by atoms with E-state index in [1.165, 1.54) is 12.7 Å². The van der Waals surface area contributed by atoms with Crippen LogP contribution in [0.15, 0.2) is 183 Å². The van der Waals surface area contributed by atoms with E-state index < -0.39 is 0 Å². The highest BCUT2D eigenvalue weighted by atomic mass is 16.5. The normalized spacial score (nSPS) is 11.1. The van der Waals surface area contributed by atoms with Crippen LogP contribution < -0.4 is 18.9 Å². The molecule has 6 aromatic carbocycles. The summed E-state index contributed by atoms with van der Waals surface area (Å²) in [6.07, 6.45) is 7.93. The summed E-state index contributed by atoms with van der Waals surface area (Å²) < 4.78 is 28.4. The minimum absolute atomic E-state index is 0.451. The summed E-state index contributed by atoms with van der Waals surface area (Å²) in [5.41, 5.74) is 7.89. The summed E-state index contributed by atoms with van der Waals surface area (Å²) >= 11 is 0. The van der Waals surface area contributed by atoms with Crippen LogP contribution in [0.25, 0.3) is 50.0 Å². The van der Waals surface area contributed by atoms with E-state index in [2.05, 4.69) is 87.3 Å². The van der Waals surface area contributed by atoms with E-state index >= 15 is 0 Å². The quantitative estimate of drug-likeness (QED) is 0.112. The van der Waals surface area contributed by atoms with Crippen molar-refractivity contribution in [2.45, 2.75) is 26.7 Å². The lowest BCUT2D eigenvalue weighted by Gasteiger charge is -2.18. The fraction of sp³-hybridized carbons (Fsp3) is 0.0755. The van der Waals surface area contributed by atoms with Gasteiger partial charge >= 0.3 is 0 Å². The molecule has 10 aromatic rings. The first-order valence-corrected chi connectivity index (χ1v) is 20.8. The lowest BCUT2D eigenvalue weighted by Crippen LogP contribution is -2.01. The predicted molar refractivity (Wildman–Crippen MR) is 245 cm³/mol. The van der Waals surface area contributed by atoms with Crippen LogP contribution >= 0.6 is 0 Å². The van der Waals surface area contributed by atoms with Crippen molar-refractivity contribution >= 4 is 21.8 Å². The molecular formula is C53H40N6O4. The van der Waals surface area contributed by atoms with Crippen LogP contribution in [-0.2, 0) is 12.8 Å². The molecule has 0 aliphatic heterocycles. The van der Waals surface area contributed by atoms with E-state index in [1.807, 2.05) is 114 Å². The molecule has 0 spiro atoms. The third-order valence-corrected chi connectivity index (χ3v) is 10.8. The van der Waals surface area contributed by atoms with Crippen molar-refractivity contribution in [3.05, 3.63) is 194 Å². The van der Waals surface area contributed by atoms with E-state index in [4.69, 9.17) is 18.9 Å². The van der Waals surface area contributed by atoms with E-state index in [0.29, 0.717) is 52.2 Å². The Morgan fingerprint density at radius 3 is 1.32 bits per heavy atom. The Labute approximate surface area is 364 Å². The molecule has 10 rings (SSSR count). The maximum absolute atomic E-state index is 6.91. The van der Waals surface area contributed by atoms with Gasteiger partial charge in [0.05, 0.1) is 11.0 Å². The molecule has 0 bridgehead atoms. The molecule has 0 aliphatic carbocycles. The second kappa shape index (κ2) is 17.3. The number of hydrogen-bond donors (Lipinski definition) is 0. The van der Waals surface area contributed by atoms with Crippen LogP contribution in [0.5, 0.6) is 46.3 Å². The number of fused-ring (bicyclic) bond motifs is 3. The van der Waals surface area contributed by atoms with Gasteiger partial charge < -0.3 is 18.9 Å². The van der Waals surface area contributed by atoms with Gasteiger partial charge in [-0.25, -0.2) is 24.9 Å². The Kier molecular flexibility index (Phi) is 10.7. The number of aromatic nitrogens is 6. The van der Waals surface area contributed by atoms with Crippen molar-refractivity contribution < 1.29 is 18.9 Å². The first-order chi connectivity index (χ1) is 31.1. The molecule has 10 nitrogen and oxygen atoms in total. The number of nitrogens with zero attached hydrogens (tertiary/aromatic N) is 6. The molecule has 0 unspecified atom stereocenters. The molecule has 4 heterocycles. The van der Waals surface area contributed by atoms with Crippen LogP contribution in [0, 0.1) is 0 Å². The van der Waals surface area contributed by atoms with Crippen molar-refractivity contribution in [3.63, 3.8) is 0 Å². The molecule has 306 valence electrons. The predicted octanol–water partition coefficient (Wildman–Crippen LogP) is 13.4. The number of pyridine rings is 2. The van der Waals surface area contributed by atoms with E-state index in [0.717, 1.165) is 68.0 Å². The molecule has 0 radical (unpaired) electrons. The van der Waals surface area contributed by atoms with Gasteiger partial charge in [-0.2, -0.15) is 0 Å². The average molecular weight is 825 g/mol. The van der Waals surface area contributed by atoms with Crippen LogP contribution in [0.3, 0.4) is 0 Å². The lowest BCUT2D eigenvalue weighted by molar-refractivity contribution is 0.448. The largest absolute Gasteiger partial charge is 0.456 e. The van der Waals surface area contributed by atoms with Crippen molar-refractivity contribution in [1.82, 2.24) is 29.5 Å². The molecule has 63 heavy (non-hydrogen) atoms. The highest BCUT2D eigenvalue weighted by Gasteiger charge is 2.21. The van der Waals surface area contributed by atoms with Crippen molar-refractivity contribution in [2.24, 2.45) is 0 Å². The Morgan fingerprint density at radius 1 is 0.429 bits per heavy atom. The third-order valence-electron chi connectivity index (χ3n) is 10.8. The number of ether oxygens (including phenoxy) is 4. The molecular weight excluding hydrogens is 785 g/mol. The minimum Gasteiger partial charge on any atom is -0.456 e. The zero-order valence-corrected chi connectivity index (χ0v) is 34.6. The van der Waals surface area contributed by atoms with Gasteiger partial charge in [0.1, 0.15) is 47.2 Å². The number of rotatable bonds is 13. The lowest BCUT2D eigenvalue weighted by atomic mass is 9.96. The van der Waals surface area contributed by atoms with E-state index in [-0.39, 0.29) is 0 Å². The monoisotopic (exact) mass is 824 g/mol. The molecule has 0 saturated heterocycles. The minimum atomic E-state index is 0.451. The molecule has 10 heteroatoms. The average Bonchev–Trinajstić information content (AvgIpc) is 3.65. The first kappa shape index (κ1) is 38.8. The molecule has 0 N–H and O–H groups in total. The second-order valence-corrected chi connectivity index (χ2v) is 14.7. The second-order valence-electron chi connectivity index (χ2n) is 14.7. The summed E-state index contributed by atoms with van der Waals surface area (Å²) in [6.45, 7) is 4.26. The van der Waals surface area contributed by atoms with Gasteiger partial charge in [-0.05, 0) is 83.6 Å². The standard InChI is InChI=1S/C53H40N6O4/c1-3-35-27-41(62-49-19-11-13-25-55-49)31-47(51(35)37-15-7-5-8-16-37)60-39-21-23-43-44-24-22-40(30-46(44)59(45(43)29-39)53-57-33-54-34-58-53)61-48-32-42(63-50-20-12-14-26-56-50)28-36(4-2)52(48)38-17-9-6-10-18-38/h5-34H,3-4H2,1-2H3. The van der Waals surface area contributed by atoms with Gasteiger partial charge in [-0.3, -0.25) is 4.57 Å². The Bertz CT molecular complexity index is 2990. The van der Waals surface area contributed by atoms with Crippen LogP contribution in [-0.4, -0.2) is 29.5 Å². The maximum atomic E-state index is 6.91. The topological polar surface area (TPSA) is 106 Å². The molecule has 0 atom stereocenters. The maximum Gasteiger partial charge on any atom is 0.237 e. The number of hydrogen-bond acceptors (Lipinski definition) is 9. The van der Waals surface area contributed by atoms with Crippen molar-refractivity contribution in [2.75, 3.05) is 0 Å². The molecule has 0 aliphatic rings. The number of benzene rings is 6. The third kappa shape index (κ3) is 8.01. The van der Waals surface area contributed by atoms with Gasteiger partial charge in [0.25, 0.3) is 0 Å². The molecule has 0 saturated carbocycles. The van der Waals surface area contributed by atoms with E-state index in [9.17, 15) is 0 Å².